The molecule has 0 amide bonds. The molecule has 0 saturated heterocycles. The summed E-state index contributed by atoms with van der Waals surface area (Å²) in [7, 11) is -3.13. The fraction of sp³-hybridized carbons (Fsp3) is 0.625. The van der Waals surface area contributed by atoms with Crippen molar-refractivity contribution in [2.75, 3.05) is 5.75 Å². The van der Waals surface area contributed by atoms with Crippen LogP contribution in [0.3, 0.4) is 0 Å². The van der Waals surface area contributed by atoms with Crippen LogP contribution < -0.4 is 5.73 Å². The van der Waals surface area contributed by atoms with Gasteiger partial charge in [0.2, 0.25) is 0 Å². The van der Waals surface area contributed by atoms with E-state index in [4.69, 9.17) is 5.73 Å². The molecule has 0 radical (unpaired) electrons. The van der Waals surface area contributed by atoms with Gasteiger partial charge in [0.1, 0.15) is 0 Å². The summed E-state index contributed by atoms with van der Waals surface area (Å²) in [6.07, 6.45) is 3.39. The third-order valence-corrected chi connectivity index (χ3v) is 6.91. The van der Waals surface area contributed by atoms with E-state index in [0.29, 0.717) is 6.42 Å². The van der Waals surface area contributed by atoms with Crippen molar-refractivity contribution in [3.05, 3.63) is 35.4 Å². The van der Waals surface area contributed by atoms with Crippen molar-refractivity contribution in [3.63, 3.8) is 0 Å². The largest absolute Gasteiger partial charge is 0.323 e. The summed E-state index contributed by atoms with van der Waals surface area (Å²) >= 11 is 0. The Balaban J connectivity index is 2.29. The first-order valence-electron chi connectivity index (χ1n) is 7.50. The molecule has 1 aliphatic rings. The van der Waals surface area contributed by atoms with Crippen molar-refractivity contribution in [3.8, 4) is 0 Å². The highest BCUT2D eigenvalue weighted by atomic mass is 32.2. The molecule has 1 aromatic carbocycles. The van der Waals surface area contributed by atoms with Gasteiger partial charge in [-0.25, -0.2) is 8.42 Å². The van der Waals surface area contributed by atoms with E-state index in [1.54, 1.807) is 0 Å². The average Bonchev–Trinajstić information content (AvgIpc) is 2.58. The maximum absolute atomic E-state index is 12.6. The first-order chi connectivity index (χ1) is 9.45. The molecule has 3 unspecified atom stereocenters. The van der Waals surface area contributed by atoms with E-state index in [2.05, 4.69) is 6.07 Å². The lowest BCUT2D eigenvalue weighted by atomic mass is 10.00. The zero-order valence-electron chi connectivity index (χ0n) is 12.4. The summed E-state index contributed by atoms with van der Waals surface area (Å²) in [5, 5.41) is -0.430. The maximum atomic E-state index is 12.6. The normalized spacial score (nSPS) is 24.8. The highest BCUT2D eigenvalue weighted by Crippen LogP contribution is 2.32. The fourth-order valence-electron chi connectivity index (χ4n) is 3.00. The van der Waals surface area contributed by atoms with E-state index in [-0.39, 0.29) is 17.7 Å². The highest BCUT2D eigenvalue weighted by Gasteiger charge is 2.35. The number of sulfone groups is 1. The summed E-state index contributed by atoms with van der Waals surface area (Å²) in [5.74, 6) is 0.454. The van der Waals surface area contributed by atoms with Gasteiger partial charge in [-0.1, -0.05) is 44.5 Å². The molecule has 0 spiro atoms. The molecule has 1 aliphatic carbocycles. The van der Waals surface area contributed by atoms with Crippen LogP contribution in [0.25, 0.3) is 0 Å². The van der Waals surface area contributed by atoms with Gasteiger partial charge in [-0.05, 0) is 36.3 Å². The molecular weight excluding hydrogens is 270 g/mol. The fourth-order valence-corrected chi connectivity index (χ4v) is 5.40. The van der Waals surface area contributed by atoms with Crippen molar-refractivity contribution >= 4 is 9.84 Å². The number of rotatable bonds is 4. The lowest BCUT2D eigenvalue weighted by Crippen LogP contribution is -2.36. The Hall–Kier alpha value is -0.870. The molecule has 0 heterocycles. The molecule has 1 aromatic rings. The molecule has 2 rings (SSSR count). The number of benzene rings is 1. The minimum atomic E-state index is -3.13. The van der Waals surface area contributed by atoms with Gasteiger partial charge in [0.25, 0.3) is 0 Å². The number of aryl methyl sites for hydroxylation is 1. The first kappa shape index (κ1) is 15.5. The second-order valence-electron chi connectivity index (χ2n) is 6.00. The minimum Gasteiger partial charge on any atom is -0.323 e. The third kappa shape index (κ3) is 3.23. The van der Waals surface area contributed by atoms with E-state index in [1.165, 1.54) is 5.56 Å². The predicted octanol–water partition coefficient (Wildman–Crippen LogP) is 2.85. The van der Waals surface area contributed by atoms with Crippen LogP contribution in [-0.4, -0.2) is 19.4 Å². The van der Waals surface area contributed by atoms with Crippen LogP contribution in [0.4, 0.5) is 0 Å². The second kappa shape index (κ2) is 6.27. The Labute approximate surface area is 122 Å². The van der Waals surface area contributed by atoms with E-state index < -0.39 is 15.1 Å². The standard InChI is InChI=1S/C16H25NO2S/c1-3-12(2)11-20(18,19)15-10-6-8-13-7-4-5-9-14(13)16(15)17/h4-5,7,9,12,15-16H,3,6,8,10-11,17H2,1-2H3. The van der Waals surface area contributed by atoms with Crippen LogP contribution in [0.15, 0.2) is 24.3 Å². The Morgan fingerprint density at radius 1 is 1.35 bits per heavy atom. The molecule has 2 N–H and O–H groups in total. The molecule has 3 nitrogen and oxygen atoms in total. The molecule has 0 saturated carbocycles. The molecular formula is C16H25NO2S. The topological polar surface area (TPSA) is 60.2 Å². The number of fused-ring (bicyclic) bond motifs is 1. The van der Waals surface area contributed by atoms with E-state index in [1.807, 2.05) is 32.0 Å². The molecule has 20 heavy (non-hydrogen) atoms. The highest BCUT2D eigenvalue weighted by molar-refractivity contribution is 7.92. The second-order valence-corrected chi connectivity index (χ2v) is 8.26. The van der Waals surface area contributed by atoms with E-state index in [0.717, 1.165) is 24.8 Å². The lowest BCUT2D eigenvalue weighted by Gasteiger charge is -2.24. The van der Waals surface area contributed by atoms with Crippen LogP contribution in [0.1, 0.15) is 50.3 Å². The molecule has 0 bridgehead atoms. The molecule has 3 atom stereocenters. The summed E-state index contributed by atoms with van der Waals surface area (Å²) in [6, 6.07) is 7.61. The Morgan fingerprint density at radius 2 is 2.05 bits per heavy atom. The quantitative estimate of drug-likeness (QED) is 0.869. The van der Waals surface area contributed by atoms with Gasteiger partial charge in [0.05, 0.1) is 11.0 Å². The van der Waals surface area contributed by atoms with Gasteiger partial charge in [0.15, 0.2) is 9.84 Å². The van der Waals surface area contributed by atoms with Crippen LogP contribution >= 0.6 is 0 Å². The lowest BCUT2D eigenvalue weighted by molar-refractivity contribution is 0.522. The summed E-state index contributed by atoms with van der Waals surface area (Å²) in [6.45, 7) is 4.02. The maximum Gasteiger partial charge on any atom is 0.155 e. The third-order valence-electron chi connectivity index (χ3n) is 4.42. The Morgan fingerprint density at radius 3 is 2.75 bits per heavy atom. The Kier molecular flexibility index (Phi) is 4.86. The number of nitrogens with two attached hydrogens (primary N) is 1. The molecule has 0 fully saturated rings. The molecule has 4 heteroatoms. The SMILES string of the molecule is CCC(C)CS(=O)(=O)C1CCCc2ccccc2C1N. The van der Waals surface area contributed by atoms with Crippen LogP contribution in [0, 0.1) is 5.92 Å². The van der Waals surface area contributed by atoms with Crippen molar-refractivity contribution in [2.24, 2.45) is 11.7 Å². The number of hydrogen-bond donors (Lipinski definition) is 1. The van der Waals surface area contributed by atoms with Gasteiger partial charge in [-0.15, -0.1) is 0 Å². The van der Waals surface area contributed by atoms with E-state index >= 15 is 0 Å². The zero-order chi connectivity index (χ0) is 14.8. The molecule has 0 aromatic heterocycles. The monoisotopic (exact) mass is 295 g/mol. The van der Waals surface area contributed by atoms with Gasteiger partial charge in [-0.3, -0.25) is 0 Å². The summed E-state index contributed by atoms with van der Waals surface area (Å²) in [4.78, 5) is 0. The van der Waals surface area contributed by atoms with Crippen molar-refractivity contribution < 1.29 is 8.42 Å². The van der Waals surface area contributed by atoms with E-state index in [9.17, 15) is 8.42 Å². The van der Waals surface area contributed by atoms with Crippen molar-refractivity contribution in [2.45, 2.75) is 50.8 Å². The van der Waals surface area contributed by atoms with Gasteiger partial charge < -0.3 is 5.73 Å². The number of hydrogen-bond acceptors (Lipinski definition) is 3. The van der Waals surface area contributed by atoms with Gasteiger partial charge >= 0.3 is 0 Å². The predicted molar refractivity (Wildman–Crippen MR) is 83.3 cm³/mol. The van der Waals surface area contributed by atoms with Crippen LogP contribution in [0.5, 0.6) is 0 Å². The van der Waals surface area contributed by atoms with Crippen molar-refractivity contribution in [1.29, 1.82) is 0 Å². The smallest absolute Gasteiger partial charge is 0.155 e. The summed E-state index contributed by atoms with van der Waals surface area (Å²) < 4.78 is 25.3. The average molecular weight is 295 g/mol. The van der Waals surface area contributed by atoms with Gasteiger partial charge in [0, 0.05) is 6.04 Å². The minimum absolute atomic E-state index is 0.200. The van der Waals surface area contributed by atoms with Gasteiger partial charge in [-0.2, -0.15) is 0 Å². The summed E-state index contributed by atoms with van der Waals surface area (Å²) in [5.41, 5.74) is 8.54. The first-order valence-corrected chi connectivity index (χ1v) is 9.22. The van der Waals surface area contributed by atoms with Crippen LogP contribution in [0.2, 0.25) is 0 Å². The van der Waals surface area contributed by atoms with Crippen molar-refractivity contribution in [1.82, 2.24) is 0 Å². The zero-order valence-corrected chi connectivity index (χ0v) is 13.2. The Bertz CT molecular complexity index is 553. The molecule has 112 valence electrons. The van der Waals surface area contributed by atoms with Crippen LogP contribution in [-0.2, 0) is 16.3 Å². The molecule has 0 aliphatic heterocycles.